The summed E-state index contributed by atoms with van der Waals surface area (Å²) in [5.74, 6) is 0. The van der Waals surface area contributed by atoms with Gasteiger partial charge in [0.1, 0.15) is 0 Å². The third kappa shape index (κ3) is 1.14. The molecular formula is C7H5N3OS. The minimum Gasteiger partial charge on any atom is -0.329 e. The van der Waals surface area contributed by atoms with Gasteiger partial charge in [-0.3, -0.25) is 4.79 Å². The summed E-state index contributed by atoms with van der Waals surface area (Å²) in [7, 11) is 0. The fraction of sp³-hybridized carbons (Fsp3) is 0. The van der Waals surface area contributed by atoms with E-state index in [9.17, 15) is 4.79 Å². The maximum Gasteiger partial charge on any atom is 0.256 e. The molecule has 0 aliphatic carbocycles. The van der Waals surface area contributed by atoms with E-state index in [0.717, 1.165) is 4.88 Å². The number of H-pyrrole nitrogens is 1. The van der Waals surface area contributed by atoms with Crippen molar-refractivity contribution in [3.63, 3.8) is 0 Å². The van der Waals surface area contributed by atoms with Gasteiger partial charge in [0.15, 0.2) is 0 Å². The molecule has 0 radical (unpaired) electrons. The zero-order valence-corrected chi connectivity index (χ0v) is 6.84. The van der Waals surface area contributed by atoms with Gasteiger partial charge in [0.25, 0.3) is 5.56 Å². The molecule has 0 bridgehead atoms. The minimum absolute atomic E-state index is 0.108. The van der Waals surface area contributed by atoms with E-state index in [1.807, 2.05) is 0 Å². The van der Waals surface area contributed by atoms with Crippen molar-refractivity contribution in [2.45, 2.75) is 0 Å². The number of rotatable bonds is 1. The zero-order chi connectivity index (χ0) is 8.39. The molecular weight excluding hydrogens is 174 g/mol. The summed E-state index contributed by atoms with van der Waals surface area (Å²) in [6.07, 6.45) is 3.18. The van der Waals surface area contributed by atoms with E-state index in [2.05, 4.69) is 14.6 Å². The smallest absolute Gasteiger partial charge is 0.256 e. The summed E-state index contributed by atoms with van der Waals surface area (Å²) in [6, 6.07) is 3.52. The van der Waals surface area contributed by atoms with E-state index in [1.165, 1.54) is 11.5 Å². The van der Waals surface area contributed by atoms with Gasteiger partial charge in [0.2, 0.25) is 0 Å². The van der Waals surface area contributed by atoms with Gasteiger partial charge in [0.05, 0.1) is 16.6 Å². The van der Waals surface area contributed by atoms with E-state index >= 15 is 0 Å². The summed E-state index contributed by atoms with van der Waals surface area (Å²) in [5, 5.41) is 3.66. The molecule has 12 heavy (non-hydrogen) atoms. The average Bonchev–Trinajstić information content (AvgIpc) is 2.57. The molecule has 0 saturated carbocycles. The van der Waals surface area contributed by atoms with Crippen LogP contribution in [0.25, 0.3) is 10.4 Å². The third-order valence-corrected chi connectivity index (χ3v) is 2.14. The Bertz CT molecular complexity index is 420. The van der Waals surface area contributed by atoms with Crippen molar-refractivity contribution in [2.75, 3.05) is 0 Å². The van der Waals surface area contributed by atoms with Crippen molar-refractivity contribution in [1.29, 1.82) is 0 Å². The molecule has 0 aliphatic heterocycles. The number of nitrogens with zero attached hydrogens (tertiary/aromatic N) is 2. The fourth-order valence-corrected chi connectivity index (χ4v) is 1.44. The van der Waals surface area contributed by atoms with Crippen molar-refractivity contribution in [3.05, 3.63) is 34.9 Å². The fourth-order valence-electron chi connectivity index (χ4n) is 0.901. The minimum atomic E-state index is -0.108. The predicted molar refractivity (Wildman–Crippen MR) is 46.0 cm³/mol. The summed E-state index contributed by atoms with van der Waals surface area (Å²) in [4.78, 5) is 14.6. The predicted octanol–water partition coefficient (Wildman–Crippen LogP) is 0.893. The Kier molecular flexibility index (Phi) is 1.71. The number of pyridine rings is 1. The van der Waals surface area contributed by atoms with Crippen LogP contribution < -0.4 is 5.56 Å². The number of aromatic amines is 1. The van der Waals surface area contributed by atoms with Gasteiger partial charge in [-0.2, -0.15) is 0 Å². The Hall–Kier alpha value is -1.49. The number of hydrogen-bond donors (Lipinski definition) is 1. The van der Waals surface area contributed by atoms with Crippen LogP contribution in [-0.4, -0.2) is 14.6 Å². The van der Waals surface area contributed by atoms with Crippen LogP contribution in [0.1, 0.15) is 0 Å². The van der Waals surface area contributed by atoms with Crippen LogP contribution in [0, 0.1) is 0 Å². The van der Waals surface area contributed by atoms with E-state index < -0.39 is 0 Å². The molecule has 0 aromatic carbocycles. The Balaban J connectivity index is 2.63. The molecule has 2 heterocycles. The Morgan fingerprint density at radius 2 is 2.42 bits per heavy atom. The monoisotopic (exact) mass is 179 g/mol. The third-order valence-electron chi connectivity index (χ3n) is 1.44. The first-order valence-corrected chi connectivity index (χ1v) is 4.11. The van der Waals surface area contributed by atoms with Crippen molar-refractivity contribution in [1.82, 2.24) is 14.6 Å². The van der Waals surface area contributed by atoms with Crippen molar-refractivity contribution < 1.29 is 0 Å². The van der Waals surface area contributed by atoms with Gasteiger partial charge in [-0.15, -0.1) is 5.10 Å². The second kappa shape index (κ2) is 2.86. The maximum atomic E-state index is 11.2. The summed E-state index contributed by atoms with van der Waals surface area (Å²) < 4.78 is 3.68. The lowest BCUT2D eigenvalue weighted by Crippen LogP contribution is -2.05. The van der Waals surface area contributed by atoms with Crippen LogP contribution in [0.15, 0.2) is 29.3 Å². The van der Waals surface area contributed by atoms with Crippen LogP contribution in [0.5, 0.6) is 0 Å². The molecule has 4 nitrogen and oxygen atoms in total. The van der Waals surface area contributed by atoms with Crippen molar-refractivity contribution in [2.24, 2.45) is 0 Å². The highest BCUT2D eigenvalue weighted by molar-refractivity contribution is 7.09. The lowest BCUT2D eigenvalue weighted by molar-refractivity contribution is 1.15. The van der Waals surface area contributed by atoms with Gasteiger partial charge in [0, 0.05) is 6.20 Å². The maximum absolute atomic E-state index is 11.2. The van der Waals surface area contributed by atoms with E-state index in [0.29, 0.717) is 5.56 Å². The molecule has 5 heteroatoms. The van der Waals surface area contributed by atoms with Crippen molar-refractivity contribution in [3.8, 4) is 10.4 Å². The molecule has 0 fully saturated rings. The van der Waals surface area contributed by atoms with Gasteiger partial charge in [-0.25, -0.2) is 0 Å². The number of aromatic nitrogens is 3. The van der Waals surface area contributed by atoms with Crippen LogP contribution in [-0.2, 0) is 0 Å². The van der Waals surface area contributed by atoms with E-state index in [4.69, 9.17) is 0 Å². The molecule has 0 amide bonds. The van der Waals surface area contributed by atoms with Gasteiger partial charge < -0.3 is 4.98 Å². The Morgan fingerprint density at radius 1 is 1.50 bits per heavy atom. The van der Waals surface area contributed by atoms with Crippen LogP contribution in [0.4, 0.5) is 0 Å². The highest BCUT2D eigenvalue weighted by Gasteiger charge is 2.03. The molecule has 0 aliphatic rings. The molecule has 0 spiro atoms. The largest absolute Gasteiger partial charge is 0.329 e. The summed E-state index contributed by atoms with van der Waals surface area (Å²) in [6.45, 7) is 0. The van der Waals surface area contributed by atoms with Gasteiger partial charge in [-0.1, -0.05) is 4.49 Å². The normalized spacial score (nSPS) is 10.0. The first kappa shape index (κ1) is 7.17. The topological polar surface area (TPSA) is 58.6 Å². The first-order valence-electron chi connectivity index (χ1n) is 3.33. The highest BCUT2D eigenvalue weighted by Crippen LogP contribution is 2.15. The molecule has 2 rings (SSSR count). The lowest BCUT2D eigenvalue weighted by Gasteiger charge is -1.90. The molecule has 2 aromatic heterocycles. The Labute approximate surface area is 72.1 Å². The SMILES string of the molecule is O=c1[nH]cccc1-c1cnns1. The van der Waals surface area contributed by atoms with Gasteiger partial charge in [-0.05, 0) is 23.7 Å². The van der Waals surface area contributed by atoms with E-state index in [1.54, 1.807) is 24.5 Å². The zero-order valence-electron chi connectivity index (χ0n) is 6.02. The van der Waals surface area contributed by atoms with Crippen LogP contribution >= 0.6 is 11.5 Å². The average molecular weight is 179 g/mol. The lowest BCUT2D eigenvalue weighted by atomic mass is 10.2. The quantitative estimate of drug-likeness (QED) is 0.707. The standard InChI is InChI=1S/C7H5N3OS/c11-7-5(2-1-3-8-7)6-4-9-10-12-6/h1-4H,(H,8,11). The molecule has 2 aromatic rings. The first-order chi connectivity index (χ1) is 5.88. The van der Waals surface area contributed by atoms with Crippen LogP contribution in [0.3, 0.4) is 0 Å². The number of nitrogens with one attached hydrogen (secondary N) is 1. The van der Waals surface area contributed by atoms with Crippen molar-refractivity contribution >= 4 is 11.5 Å². The molecule has 0 saturated heterocycles. The molecule has 60 valence electrons. The second-order valence-electron chi connectivity index (χ2n) is 2.19. The van der Waals surface area contributed by atoms with E-state index in [-0.39, 0.29) is 5.56 Å². The summed E-state index contributed by atoms with van der Waals surface area (Å²) >= 11 is 1.21. The second-order valence-corrected chi connectivity index (χ2v) is 2.98. The summed E-state index contributed by atoms with van der Waals surface area (Å²) in [5.41, 5.74) is 0.510. The highest BCUT2D eigenvalue weighted by atomic mass is 32.1. The molecule has 0 unspecified atom stereocenters. The molecule has 1 N–H and O–H groups in total. The Morgan fingerprint density at radius 3 is 3.08 bits per heavy atom. The van der Waals surface area contributed by atoms with Gasteiger partial charge >= 0.3 is 0 Å². The molecule has 0 atom stereocenters. The van der Waals surface area contributed by atoms with Crippen LogP contribution in [0.2, 0.25) is 0 Å². The number of hydrogen-bond acceptors (Lipinski definition) is 4.